The Morgan fingerprint density at radius 1 is 1.29 bits per heavy atom. The van der Waals surface area contributed by atoms with Gasteiger partial charge in [-0.2, -0.15) is 0 Å². The second-order valence-corrected chi connectivity index (χ2v) is 6.83. The maximum atomic E-state index is 13.5. The summed E-state index contributed by atoms with van der Waals surface area (Å²) in [5, 5.41) is 7.05. The molecule has 4 N–H and O–H groups in total. The van der Waals surface area contributed by atoms with E-state index >= 15 is 0 Å². The van der Waals surface area contributed by atoms with Crippen molar-refractivity contribution in [1.82, 2.24) is 10.6 Å². The van der Waals surface area contributed by atoms with Crippen molar-refractivity contribution in [3.05, 3.63) is 33.6 Å². The number of hydrogen-bond donors (Lipinski definition) is 3. The van der Waals surface area contributed by atoms with Crippen LogP contribution in [0.3, 0.4) is 0 Å². The predicted octanol–water partition coefficient (Wildman–Crippen LogP) is 2.53. The first-order valence-electron chi connectivity index (χ1n) is 7.95. The third-order valence-corrected chi connectivity index (χ3v) is 4.75. The zero-order valence-electron chi connectivity index (χ0n) is 13.4. The Balaban J connectivity index is 1.80. The number of nitrogens with two attached hydrogens (primary N) is 1. The SMILES string of the molecule is C[C@@H]([NH2+]CC(=O)NC(=O)NC1CCCC1)c1cc(F)c(Cl)cc1Cl. The number of hydrogen-bond acceptors (Lipinski definition) is 2. The van der Waals surface area contributed by atoms with Crippen LogP contribution in [-0.2, 0) is 4.79 Å². The maximum absolute atomic E-state index is 13.5. The van der Waals surface area contributed by atoms with Crippen molar-refractivity contribution in [3.63, 3.8) is 0 Å². The number of halogens is 3. The fourth-order valence-electron chi connectivity index (χ4n) is 2.77. The molecule has 0 heterocycles. The minimum Gasteiger partial charge on any atom is -0.335 e. The van der Waals surface area contributed by atoms with E-state index in [2.05, 4.69) is 10.6 Å². The van der Waals surface area contributed by atoms with Gasteiger partial charge in [-0.15, -0.1) is 0 Å². The molecule has 0 aromatic heterocycles. The van der Waals surface area contributed by atoms with Gasteiger partial charge in [-0.1, -0.05) is 36.0 Å². The lowest BCUT2D eigenvalue weighted by molar-refractivity contribution is -0.682. The van der Waals surface area contributed by atoms with Crippen LogP contribution in [0.4, 0.5) is 9.18 Å². The molecule has 1 atom stereocenters. The predicted molar refractivity (Wildman–Crippen MR) is 90.6 cm³/mol. The van der Waals surface area contributed by atoms with Gasteiger partial charge in [0.15, 0.2) is 6.54 Å². The number of amides is 3. The summed E-state index contributed by atoms with van der Waals surface area (Å²) >= 11 is 11.7. The van der Waals surface area contributed by atoms with E-state index in [1.807, 2.05) is 0 Å². The highest BCUT2D eigenvalue weighted by atomic mass is 35.5. The van der Waals surface area contributed by atoms with E-state index < -0.39 is 17.8 Å². The Kier molecular flexibility index (Phi) is 6.83. The third-order valence-electron chi connectivity index (χ3n) is 4.13. The zero-order valence-corrected chi connectivity index (χ0v) is 14.9. The van der Waals surface area contributed by atoms with Gasteiger partial charge in [0.1, 0.15) is 11.9 Å². The van der Waals surface area contributed by atoms with Crippen molar-refractivity contribution < 1.29 is 19.3 Å². The minimum absolute atomic E-state index is 0.0276. The molecular formula is C16H21Cl2FN3O2+. The van der Waals surface area contributed by atoms with E-state index in [9.17, 15) is 14.0 Å². The molecule has 2 rings (SSSR count). The van der Waals surface area contributed by atoms with Gasteiger partial charge in [0.2, 0.25) is 0 Å². The molecule has 8 heteroatoms. The summed E-state index contributed by atoms with van der Waals surface area (Å²) in [6.45, 7) is 1.82. The fraction of sp³-hybridized carbons (Fsp3) is 0.500. The molecule has 5 nitrogen and oxygen atoms in total. The monoisotopic (exact) mass is 376 g/mol. The number of benzene rings is 1. The second kappa shape index (κ2) is 8.65. The number of quaternary nitrogens is 1. The van der Waals surface area contributed by atoms with E-state index in [1.165, 1.54) is 12.1 Å². The molecule has 1 aliphatic carbocycles. The van der Waals surface area contributed by atoms with Gasteiger partial charge in [0, 0.05) is 11.6 Å². The highest BCUT2D eigenvalue weighted by molar-refractivity contribution is 6.35. The van der Waals surface area contributed by atoms with Gasteiger partial charge >= 0.3 is 6.03 Å². The third kappa shape index (κ3) is 5.33. The lowest BCUT2D eigenvalue weighted by Gasteiger charge is -2.14. The molecule has 0 bridgehead atoms. The Morgan fingerprint density at radius 3 is 2.62 bits per heavy atom. The topological polar surface area (TPSA) is 74.8 Å². The van der Waals surface area contributed by atoms with Crippen LogP contribution in [-0.4, -0.2) is 24.5 Å². The smallest absolute Gasteiger partial charge is 0.321 e. The van der Waals surface area contributed by atoms with Crippen molar-refractivity contribution in [2.24, 2.45) is 0 Å². The summed E-state index contributed by atoms with van der Waals surface area (Å²) in [7, 11) is 0. The average molecular weight is 377 g/mol. The number of carbonyl (C=O) groups excluding carboxylic acids is 2. The van der Waals surface area contributed by atoms with E-state index in [-0.39, 0.29) is 23.7 Å². The minimum atomic E-state index is -0.559. The first-order valence-corrected chi connectivity index (χ1v) is 8.70. The highest BCUT2D eigenvalue weighted by Crippen LogP contribution is 2.27. The number of carbonyl (C=O) groups is 2. The summed E-state index contributed by atoms with van der Waals surface area (Å²) in [5.41, 5.74) is 0.543. The normalized spacial score (nSPS) is 16.0. The molecule has 1 aromatic rings. The molecule has 0 aliphatic heterocycles. The Hall–Kier alpha value is -1.37. The van der Waals surface area contributed by atoms with Gasteiger partial charge < -0.3 is 10.6 Å². The zero-order chi connectivity index (χ0) is 17.7. The fourth-order valence-corrected chi connectivity index (χ4v) is 3.32. The molecule has 24 heavy (non-hydrogen) atoms. The van der Waals surface area contributed by atoms with Gasteiger partial charge in [-0.05, 0) is 31.9 Å². The summed E-state index contributed by atoms with van der Waals surface area (Å²) in [5.74, 6) is -0.973. The van der Waals surface area contributed by atoms with Crippen LogP contribution < -0.4 is 16.0 Å². The molecule has 0 unspecified atom stereocenters. The maximum Gasteiger partial charge on any atom is 0.321 e. The number of rotatable bonds is 5. The van der Waals surface area contributed by atoms with Crippen LogP contribution in [0.25, 0.3) is 0 Å². The molecule has 1 aliphatic rings. The standard InChI is InChI=1S/C16H20Cl2FN3O2/c1-9(11-6-14(19)13(18)7-12(11)17)20-8-15(23)22-16(24)21-10-4-2-3-5-10/h6-7,9-10,20H,2-5,8H2,1H3,(H2,21,22,23,24)/p+1/t9-/m1/s1. The van der Waals surface area contributed by atoms with Gasteiger partial charge in [0.25, 0.3) is 5.91 Å². The lowest BCUT2D eigenvalue weighted by Crippen LogP contribution is -2.87. The second-order valence-electron chi connectivity index (χ2n) is 6.02. The van der Waals surface area contributed by atoms with Crippen LogP contribution in [0.1, 0.15) is 44.2 Å². The summed E-state index contributed by atoms with van der Waals surface area (Å²) < 4.78 is 13.5. The quantitative estimate of drug-likeness (QED) is 0.690. The summed E-state index contributed by atoms with van der Waals surface area (Å²) in [4.78, 5) is 23.6. The van der Waals surface area contributed by atoms with Crippen LogP contribution >= 0.6 is 23.2 Å². The largest absolute Gasteiger partial charge is 0.335 e. The molecule has 1 aromatic carbocycles. The van der Waals surface area contributed by atoms with Gasteiger partial charge in [-0.3, -0.25) is 10.1 Å². The molecule has 0 radical (unpaired) electrons. The Labute approximate surface area is 150 Å². The average Bonchev–Trinajstić information content (AvgIpc) is 3.01. The van der Waals surface area contributed by atoms with E-state index in [0.29, 0.717) is 10.6 Å². The Morgan fingerprint density at radius 2 is 1.96 bits per heavy atom. The van der Waals surface area contributed by atoms with Crippen molar-refractivity contribution in [3.8, 4) is 0 Å². The number of nitrogens with one attached hydrogen (secondary N) is 2. The van der Waals surface area contributed by atoms with Crippen molar-refractivity contribution in [2.75, 3.05) is 6.54 Å². The summed E-state index contributed by atoms with van der Waals surface area (Å²) in [6.07, 6.45) is 4.10. The van der Waals surface area contributed by atoms with Crippen molar-refractivity contribution in [2.45, 2.75) is 44.7 Å². The molecule has 132 valence electrons. The van der Waals surface area contributed by atoms with Crippen LogP contribution in [0.5, 0.6) is 0 Å². The van der Waals surface area contributed by atoms with Gasteiger partial charge in [-0.25, -0.2) is 9.18 Å². The molecular weight excluding hydrogens is 356 g/mol. The highest BCUT2D eigenvalue weighted by Gasteiger charge is 2.20. The molecule has 0 saturated heterocycles. The lowest BCUT2D eigenvalue weighted by atomic mass is 10.1. The van der Waals surface area contributed by atoms with Crippen molar-refractivity contribution in [1.29, 1.82) is 0 Å². The van der Waals surface area contributed by atoms with E-state index in [4.69, 9.17) is 23.2 Å². The van der Waals surface area contributed by atoms with E-state index in [1.54, 1.807) is 12.2 Å². The summed E-state index contributed by atoms with van der Waals surface area (Å²) in [6, 6.07) is 2.03. The first kappa shape index (κ1) is 19.0. The van der Waals surface area contributed by atoms with Crippen molar-refractivity contribution >= 4 is 35.1 Å². The number of imide groups is 1. The van der Waals surface area contributed by atoms with E-state index in [0.717, 1.165) is 25.7 Å². The Bertz CT molecular complexity index is 622. The van der Waals surface area contributed by atoms with Gasteiger partial charge in [0.05, 0.1) is 10.0 Å². The van der Waals surface area contributed by atoms with Crippen LogP contribution in [0, 0.1) is 5.82 Å². The first-order chi connectivity index (χ1) is 11.4. The number of urea groups is 1. The molecule has 0 spiro atoms. The van der Waals surface area contributed by atoms with Crippen LogP contribution in [0.15, 0.2) is 12.1 Å². The molecule has 1 saturated carbocycles. The molecule has 1 fully saturated rings. The molecule has 3 amide bonds. The van der Waals surface area contributed by atoms with Crippen LogP contribution in [0.2, 0.25) is 10.0 Å².